The SMILES string of the molecule is CO[C@@H](C(=O)N[C@H]1CC[C@@H](O)CN(Cc2ccccc2)C1=O)[C@H](O)[C@@H](O)[C@H](O)/C=C/C(C)(C)C. The zero-order valence-electron chi connectivity index (χ0n) is 20.3. The van der Waals surface area contributed by atoms with Crippen molar-refractivity contribution in [3.63, 3.8) is 0 Å². The average Bonchev–Trinajstić information content (AvgIpc) is 2.91. The molecule has 0 bridgehead atoms. The van der Waals surface area contributed by atoms with E-state index in [9.17, 15) is 30.0 Å². The van der Waals surface area contributed by atoms with Crippen LogP contribution in [0.2, 0.25) is 0 Å². The summed E-state index contributed by atoms with van der Waals surface area (Å²) in [6.07, 6.45) is -3.53. The summed E-state index contributed by atoms with van der Waals surface area (Å²) in [7, 11) is 1.19. The first kappa shape index (κ1) is 27.9. The van der Waals surface area contributed by atoms with Crippen LogP contribution in [0.25, 0.3) is 0 Å². The Balaban J connectivity index is 2.09. The Labute approximate surface area is 201 Å². The van der Waals surface area contributed by atoms with E-state index in [1.54, 1.807) is 6.08 Å². The Morgan fingerprint density at radius 1 is 1.18 bits per heavy atom. The molecule has 0 aromatic heterocycles. The van der Waals surface area contributed by atoms with Crippen LogP contribution in [0.3, 0.4) is 0 Å². The van der Waals surface area contributed by atoms with Gasteiger partial charge in [0.25, 0.3) is 5.91 Å². The lowest BCUT2D eigenvalue weighted by Crippen LogP contribution is -2.55. The van der Waals surface area contributed by atoms with Crippen LogP contribution in [0.4, 0.5) is 0 Å². The molecule has 1 heterocycles. The molecule has 1 aliphatic heterocycles. The number of β-amino-alcohol motifs (C(OH)–C–C–N with tert-alkyl or cyclic N) is 1. The fourth-order valence-electron chi connectivity index (χ4n) is 3.76. The number of methoxy groups -OCH3 is 1. The number of carbonyl (C=O) groups is 2. The number of allylic oxidation sites excluding steroid dienone is 1. The molecule has 1 fully saturated rings. The van der Waals surface area contributed by atoms with Crippen LogP contribution < -0.4 is 5.32 Å². The summed E-state index contributed by atoms with van der Waals surface area (Å²) in [5.74, 6) is -1.15. The lowest BCUT2D eigenvalue weighted by molar-refractivity contribution is -0.151. The van der Waals surface area contributed by atoms with Crippen molar-refractivity contribution in [2.24, 2.45) is 5.41 Å². The summed E-state index contributed by atoms with van der Waals surface area (Å²) in [5.41, 5.74) is 0.639. The number of nitrogens with zero attached hydrogens (tertiary/aromatic N) is 1. The minimum absolute atomic E-state index is 0.140. The van der Waals surface area contributed by atoms with Crippen molar-refractivity contribution in [2.75, 3.05) is 13.7 Å². The first-order chi connectivity index (χ1) is 15.9. The number of ether oxygens (including phenoxy) is 1. The minimum Gasteiger partial charge on any atom is -0.391 e. The molecule has 190 valence electrons. The molecule has 1 saturated heterocycles. The normalized spacial score (nSPS) is 23.3. The predicted molar refractivity (Wildman–Crippen MR) is 126 cm³/mol. The largest absolute Gasteiger partial charge is 0.391 e. The van der Waals surface area contributed by atoms with E-state index in [1.165, 1.54) is 18.1 Å². The Kier molecular flexibility index (Phi) is 10.2. The maximum Gasteiger partial charge on any atom is 0.252 e. The van der Waals surface area contributed by atoms with Crippen molar-refractivity contribution >= 4 is 11.8 Å². The first-order valence-corrected chi connectivity index (χ1v) is 11.5. The molecule has 9 heteroatoms. The molecule has 1 aromatic rings. The molecule has 34 heavy (non-hydrogen) atoms. The maximum atomic E-state index is 13.1. The molecule has 0 aliphatic carbocycles. The van der Waals surface area contributed by atoms with Gasteiger partial charge in [0, 0.05) is 20.2 Å². The van der Waals surface area contributed by atoms with Gasteiger partial charge in [-0.1, -0.05) is 63.3 Å². The highest BCUT2D eigenvalue weighted by molar-refractivity contribution is 5.90. The van der Waals surface area contributed by atoms with E-state index in [2.05, 4.69) is 5.32 Å². The van der Waals surface area contributed by atoms with Crippen LogP contribution in [0, 0.1) is 5.41 Å². The fraction of sp³-hybridized carbons (Fsp3) is 0.600. The summed E-state index contributed by atoms with van der Waals surface area (Å²) < 4.78 is 5.11. The van der Waals surface area contributed by atoms with E-state index in [1.807, 2.05) is 51.1 Å². The van der Waals surface area contributed by atoms with Crippen molar-refractivity contribution in [1.82, 2.24) is 10.2 Å². The second-order valence-electron chi connectivity index (χ2n) is 9.85. The van der Waals surface area contributed by atoms with Crippen molar-refractivity contribution < 1.29 is 34.8 Å². The van der Waals surface area contributed by atoms with Crippen molar-refractivity contribution in [1.29, 1.82) is 0 Å². The van der Waals surface area contributed by atoms with E-state index in [0.29, 0.717) is 6.42 Å². The Hall–Kier alpha value is -2.30. The van der Waals surface area contributed by atoms with Gasteiger partial charge >= 0.3 is 0 Å². The van der Waals surface area contributed by atoms with Crippen LogP contribution in [-0.2, 0) is 20.9 Å². The molecule has 9 nitrogen and oxygen atoms in total. The maximum absolute atomic E-state index is 13.1. The molecule has 0 radical (unpaired) electrons. The second kappa shape index (κ2) is 12.4. The van der Waals surface area contributed by atoms with E-state index in [4.69, 9.17) is 4.74 Å². The Bertz CT molecular complexity index is 824. The third-order valence-electron chi connectivity index (χ3n) is 5.68. The number of aliphatic hydroxyl groups is 4. The van der Waals surface area contributed by atoms with Gasteiger partial charge in [-0.15, -0.1) is 0 Å². The molecule has 2 rings (SSSR count). The van der Waals surface area contributed by atoms with Gasteiger partial charge in [-0.25, -0.2) is 0 Å². The smallest absolute Gasteiger partial charge is 0.252 e. The third-order valence-corrected chi connectivity index (χ3v) is 5.68. The standard InChI is InChI=1S/C25H38N2O7/c1-25(2,3)13-12-19(29)20(30)21(31)22(34-4)23(32)26-18-11-10-17(28)15-27(24(18)33)14-16-8-6-5-7-9-16/h5-9,12-13,17-22,28-31H,10-11,14-15H2,1-4H3,(H,26,32)/b13-12+/t17-,18+,19-,20+,21-,22-/m1/s1. The first-order valence-electron chi connectivity index (χ1n) is 11.5. The van der Waals surface area contributed by atoms with Crippen LogP contribution in [0.5, 0.6) is 0 Å². The molecular formula is C25H38N2O7. The summed E-state index contributed by atoms with van der Waals surface area (Å²) >= 11 is 0. The van der Waals surface area contributed by atoms with Crippen LogP contribution >= 0.6 is 0 Å². The van der Waals surface area contributed by atoms with Gasteiger partial charge in [0.15, 0.2) is 6.10 Å². The molecule has 1 aromatic carbocycles. The number of aliphatic hydroxyl groups excluding tert-OH is 4. The monoisotopic (exact) mass is 478 g/mol. The van der Waals surface area contributed by atoms with E-state index in [0.717, 1.165) is 5.56 Å². The number of nitrogens with one attached hydrogen (secondary N) is 1. The van der Waals surface area contributed by atoms with Crippen LogP contribution in [-0.4, -0.2) is 87.4 Å². The Morgan fingerprint density at radius 2 is 1.82 bits per heavy atom. The lowest BCUT2D eigenvalue weighted by atomic mass is 9.94. The highest BCUT2D eigenvalue weighted by atomic mass is 16.5. The zero-order valence-corrected chi connectivity index (χ0v) is 20.3. The number of likely N-dealkylation sites (tertiary alicyclic amines) is 1. The minimum atomic E-state index is -1.74. The zero-order chi connectivity index (χ0) is 25.5. The number of carbonyl (C=O) groups excluding carboxylic acids is 2. The highest BCUT2D eigenvalue weighted by Gasteiger charge is 2.38. The third kappa shape index (κ3) is 8.18. The summed E-state index contributed by atoms with van der Waals surface area (Å²) in [6.45, 7) is 6.15. The quantitative estimate of drug-likeness (QED) is 0.323. The van der Waals surface area contributed by atoms with Gasteiger partial charge in [-0.05, 0) is 23.8 Å². The molecule has 0 saturated carbocycles. The molecule has 0 unspecified atom stereocenters. The molecule has 5 N–H and O–H groups in total. The molecule has 0 spiro atoms. The number of rotatable bonds is 9. The van der Waals surface area contributed by atoms with Gasteiger partial charge in [0.1, 0.15) is 24.4 Å². The van der Waals surface area contributed by atoms with Crippen molar-refractivity contribution in [3.05, 3.63) is 48.0 Å². The average molecular weight is 479 g/mol. The summed E-state index contributed by atoms with van der Waals surface area (Å²) in [5, 5.41) is 43.9. The van der Waals surface area contributed by atoms with Gasteiger partial charge in [0.2, 0.25) is 5.91 Å². The summed E-state index contributed by atoms with van der Waals surface area (Å²) in [4.78, 5) is 27.5. The number of hydrogen-bond donors (Lipinski definition) is 5. The number of benzene rings is 1. The van der Waals surface area contributed by atoms with E-state index < -0.39 is 42.5 Å². The molecule has 2 amide bonds. The van der Waals surface area contributed by atoms with Gasteiger partial charge < -0.3 is 35.4 Å². The van der Waals surface area contributed by atoms with E-state index in [-0.39, 0.29) is 30.8 Å². The number of hydrogen-bond acceptors (Lipinski definition) is 7. The van der Waals surface area contributed by atoms with Gasteiger partial charge in [0.05, 0.1) is 6.10 Å². The second-order valence-corrected chi connectivity index (χ2v) is 9.85. The van der Waals surface area contributed by atoms with E-state index >= 15 is 0 Å². The topological polar surface area (TPSA) is 140 Å². The van der Waals surface area contributed by atoms with Crippen molar-refractivity contribution in [3.8, 4) is 0 Å². The molecule has 1 aliphatic rings. The number of amides is 2. The predicted octanol–water partition coefficient (Wildman–Crippen LogP) is 0.355. The molecular weight excluding hydrogens is 440 g/mol. The molecule has 6 atom stereocenters. The summed E-state index contributed by atoms with van der Waals surface area (Å²) in [6, 6.07) is 8.39. The Morgan fingerprint density at radius 3 is 2.41 bits per heavy atom. The van der Waals surface area contributed by atoms with Gasteiger partial charge in [-0.2, -0.15) is 0 Å². The lowest BCUT2D eigenvalue weighted by Gasteiger charge is -2.29. The van der Waals surface area contributed by atoms with Gasteiger partial charge in [-0.3, -0.25) is 9.59 Å². The fourth-order valence-corrected chi connectivity index (χ4v) is 3.76. The highest BCUT2D eigenvalue weighted by Crippen LogP contribution is 2.19. The van der Waals surface area contributed by atoms with Crippen molar-refractivity contribution in [2.45, 2.75) is 76.7 Å². The van der Waals surface area contributed by atoms with Crippen LogP contribution in [0.15, 0.2) is 42.5 Å². The van der Waals surface area contributed by atoms with Crippen LogP contribution in [0.1, 0.15) is 39.2 Å².